The van der Waals surface area contributed by atoms with E-state index >= 15 is 0 Å². The van der Waals surface area contributed by atoms with Crippen LogP contribution in [-0.2, 0) is 6.54 Å². The third kappa shape index (κ3) is 2.28. The highest BCUT2D eigenvalue weighted by Gasteiger charge is 2.11. The fourth-order valence-electron chi connectivity index (χ4n) is 1.46. The fraction of sp³-hybridized carbons (Fsp3) is 0.364. The molecule has 0 amide bonds. The highest BCUT2D eigenvalue weighted by atomic mass is 32.1. The molecule has 0 atom stereocenters. The zero-order valence-electron chi connectivity index (χ0n) is 9.82. The first kappa shape index (κ1) is 12.4. The highest BCUT2D eigenvalue weighted by Crippen LogP contribution is 2.10. The Hall–Kier alpha value is -2.07. The lowest BCUT2D eigenvalue weighted by atomic mass is 10.3. The van der Waals surface area contributed by atoms with Crippen LogP contribution >= 0.6 is 11.3 Å². The number of nitrogens with one attached hydrogen (secondary N) is 1. The quantitative estimate of drug-likeness (QED) is 0.774. The maximum absolute atomic E-state index is 11.7. The fourth-order valence-corrected chi connectivity index (χ4v) is 2.29. The number of fused-ring (bicyclic) bond motifs is 1. The summed E-state index contributed by atoms with van der Waals surface area (Å²) in [6.07, 6.45) is 1.75. The number of aromatic amines is 1. The first-order valence-electron chi connectivity index (χ1n) is 5.48. The number of rotatable bonds is 2. The van der Waals surface area contributed by atoms with E-state index in [1.54, 1.807) is 0 Å². The van der Waals surface area contributed by atoms with Gasteiger partial charge in [0.25, 0.3) is 5.56 Å². The number of hydrogen-bond acceptors (Lipinski definition) is 5. The van der Waals surface area contributed by atoms with Crippen molar-refractivity contribution >= 4 is 27.6 Å². The average molecular weight is 264 g/mol. The molecule has 7 heteroatoms. The Bertz CT molecular complexity index is 744. The molecule has 2 aromatic rings. The van der Waals surface area contributed by atoms with E-state index in [-0.39, 0.29) is 27.6 Å². The predicted molar refractivity (Wildman–Crippen MR) is 71.6 cm³/mol. The molecule has 2 aromatic heterocycles. The summed E-state index contributed by atoms with van der Waals surface area (Å²) >= 11 is 0.856. The van der Waals surface area contributed by atoms with Crippen molar-refractivity contribution in [2.24, 2.45) is 0 Å². The van der Waals surface area contributed by atoms with Gasteiger partial charge >= 0.3 is 4.87 Å². The Morgan fingerprint density at radius 3 is 2.94 bits per heavy atom. The average Bonchev–Trinajstić information content (AvgIpc) is 2.62. The third-order valence-corrected chi connectivity index (χ3v) is 3.25. The molecular weight excluding hydrogens is 252 g/mol. The first-order valence-corrected chi connectivity index (χ1v) is 6.30. The van der Waals surface area contributed by atoms with E-state index in [0.29, 0.717) is 5.65 Å². The number of anilines is 1. The molecule has 0 saturated heterocycles. The van der Waals surface area contributed by atoms with Gasteiger partial charge in [0, 0.05) is 6.42 Å². The van der Waals surface area contributed by atoms with Gasteiger partial charge < -0.3 is 5.73 Å². The second-order valence-corrected chi connectivity index (χ2v) is 4.62. The molecule has 0 bridgehead atoms. The summed E-state index contributed by atoms with van der Waals surface area (Å²) in [7, 11) is 0. The molecular formula is C11H12N4O2S. The molecule has 0 aromatic carbocycles. The van der Waals surface area contributed by atoms with E-state index in [4.69, 9.17) is 5.73 Å². The normalized spacial score (nSPS) is 10.3. The number of hydrogen-bond donors (Lipinski definition) is 2. The lowest BCUT2D eigenvalue weighted by molar-refractivity contribution is 0.842. The molecule has 94 valence electrons. The summed E-state index contributed by atoms with van der Waals surface area (Å²) < 4.78 is 1.65. The molecule has 3 N–H and O–H groups in total. The number of nitrogens with zero attached hydrogens (tertiary/aromatic N) is 2. The Balaban J connectivity index is 2.51. The third-order valence-electron chi connectivity index (χ3n) is 2.28. The SMILES string of the molecule is CCCC#CCn1c(=O)sc2c(=O)[nH]c(N)nc21. The maximum atomic E-state index is 11.7. The monoisotopic (exact) mass is 264 g/mol. The second kappa shape index (κ2) is 5.06. The van der Waals surface area contributed by atoms with Gasteiger partial charge in [-0.05, 0) is 6.42 Å². The largest absolute Gasteiger partial charge is 0.369 e. The van der Waals surface area contributed by atoms with E-state index in [9.17, 15) is 9.59 Å². The zero-order valence-corrected chi connectivity index (χ0v) is 10.6. The molecule has 0 spiro atoms. The molecule has 0 radical (unpaired) electrons. The van der Waals surface area contributed by atoms with Gasteiger partial charge in [0.1, 0.15) is 4.70 Å². The van der Waals surface area contributed by atoms with Crippen LogP contribution in [-0.4, -0.2) is 14.5 Å². The number of H-pyrrole nitrogens is 1. The van der Waals surface area contributed by atoms with Crippen LogP contribution < -0.4 is 16.2 Å². The standard InChI is InChI=1S/C11H12N4O2S/c1-2-3-4-5-6-15-8-7(18-11(15)17)9(16)14-10(12)13-8/h2-3,6H2,1H3,(H3,12,13,14,16). The van der Waals surface area contributed by atoms with Crippen molar-refractivity contribution in [2.45, 2.75) is 26.3 Å². The minimum atomic E-state index is -0.389. The van der Waals surface area contributed by atoms with Crippen LogP contribution in [0.3, 0.4) is 0 Å². The van der Waals surface area contributed by atoms with Crippen LogP contribution in [0.15, 0.2) is 9.59 Å². The summed E-state index contributed by atoms with van der Waals surface area (Å²) in [6.45, 7) is 2.26. The lowest BCUT2D eigenvalue weighted by Crippen LogP contribution is -2.15. The summed E-state index contributed by atoms with van der Waals surface area (Å²) in [6, 6.07) is 0. The molecule has 2 heterocycles. The van der Waals surface area contributed by atoms with Crippen molar-refractivity contribution < 1.29 is 0 Å². The Morgan fingerprint density at radius 2 is 2.22 bits per heavy atom. The van der Waals surface area contributed by atoms with E-state index in [0.717, 1.165) is 24.2 Å². The molecule has 0 aliphatic rings. The van der Waals surface area contributed by atoms with Crippen molar-refractivity contribution in [3.05, 3.63) is 20.0 Å². The van der Waals surface area contributed by atoms with Crippen LogP contribution in [0, 0.1) is 11.8 Å². The number of unbranched alkanes of at least 4 members (excludes halogenated alkanes) is 1. The summed E-state index contributed by atoms with van der Waals surface area (Å²) in [4.78, 5) is 29.4. The Labute approximate surface area is 106 Å². The van der Waals surface area contributed by atoms with Crippen molar-refractivity contribution in [1.82, 2.24) is 14.5 Å². The Kier molecular flexibility index (Phi) is 3.48. The number of aromatic nitrogens is 3. The minimum Gasteiger partial charge on any atom is -0.369 e. The summed E-state index contributed by atoms with van der Waals surface area (Å²) in [5.74, 6) is 5.83. The molecule has 0 fully saturated rings. The van der Waals surface area contributed by atoms with Crippen molar-refractivity contribution in [3.63, 3.8) is 0 Å². The van der Waals surface area contributed by atoms with E-state index in [1.807, 2.05) is 6.92 Å². The Morgan fingerprint density at radius 1 is 1.44 bits per heavy atom. The maximum Gasteiger partial charge on any atom is 0.310 e. The molecule has 6 nitrogen and oxygen atoms in total. The van der Waals surface area contributed by atoms with E-state index in [1.165, 1.54) is 4.57 Å². The van der Waals surface area contributed by atoms with Crippen LogP contribution in [0.25, 0.3) is 10.3 Å². The lowest BCUT2D eigenvalue weighted by Gasteiger charge is -1.97. The van der Waals surface area contributed by atoms with Gasteiger partial charge in [-0.1, -0.05) is 24.2 Å². The molecule has 0 aliphatic heterocycles. The second-order valence-electron chi connectivity index (χ2n) is 3.66. The van der Waals surface area contributed by atoms with E-state index < -0.39 is 0 Å². The number of nitrogen functional groups attached to an aromatic ring is 1. The van der Waals surface area contributed by atoms with Gasteiger partial charge in [0.05, 0.1) is 6.54 Å². The van der Waals surface area contributed by atoms with Crippen LogP contribution in [0.5, 0.6) is 0 Å². The van der Waals surface area contributed by atoms with Crippen LogP contribution in [0.2, 0.25) is 0 Å². The van der Waals surface area contributed by atoms with Crippen molar-refractivity contribution in [3.8, 4) is 11.8 Å². The van der Waals surface area contributed by atoms with Gasteiger partial charge in [-0.25, -0.2) is 0 Å². The minimum absolute atomic E-state index is 0.000525. The zero-order chi connectivity index (χ0) is 13.1. The van der Waals surface area contributed by atoms with Crippen molar-refractivity contribution in [1.29, 1.82) is 0 Å². The van der Waals surface area contributed by atoms with Gasteiger partial charge in [0.2, 0.25) is 5.95 Å². The van der Waals surface area contributed by atoms with Crippen molar-refractivity contribution in [2.75, 3.05) is 5.73 Å². The number of nitrogens with two attached hydrogens (primary N) is 1. The summed E-state index contributed by atoms with van der Waals surface area (Å²) in [5.41, 5.74) is 5.38. The van der Waals surface area contributed by atoms with Gasteiger partial charge in [0.15, 0.2) is 5.65 Å². The van der Waals surface area contributed by atoms with Crippen LogP contribution in [0.1, 0.15) is 19.8 Å². The molecule has 2 rings (SSSR count). The van der Waals surface area contributed by atoms with Crippen LogP contribution in [0.4, 0.5) is 5.95 Å². The predicted octanol–water partition coefficient (Wildman–Crippen LogP) is 0.532. The van der Waals surface area contributed by atoms with Gasteiger partial charge in [-0.15, -0.1) is 5.92 Å². The molecule has 0 aliphatic carbocycles. The smallest absolute Gasteiger partial charge is 0.310 e. The topological polar surface area (TPSA) is 93.8 Å². The van der Waals surface area contributed by atoms with Gasteiger partial charge in [-0.3, -0.25) is 19.1 Å². The van der Waals surface area contributed by atoms with Gasteiger partial charge in [-0.2, -0.15) is 4.98 Å². The summed E-state index contributed by atoms with van der Waals surface area (Å²) in [5, 5.41) is 0. The first-order chi connectivity index (χ1) is 8.63. The molecule has 0 saturated carbocycles. The molecule has 0 unspecified atom stereocenters. The number of thiazole rings is 1. The highest BCUT2D eigenvalue weighted by molar-refractivity contribution is 7.16. The van der Waals surface area contributed by atoms with E-state index in [2.05, 4.69) is 21.8 Å². The molecule has 18 heavy (non-hydrogen) atoms.